The summed E-state index contributed by atoms with van der Waals surface area (Å²) in [4.78, 5) is 3.83. The third kappa shape index (κ3) is 2.25. The maximum absolute atomic E-state index is 12.1. The highest BCUT2D eigenvalue weighted by Crippen LogP contribution is 2.32. The zero-order valence-electron chi connectivity index (χ0n) is 7.91. The van der Waals surface area contributed by atoms with Gasteiger partial charge in [0.05, 0.1) is 10.2 Å². The van der Waals surface area contributed by atoms with Crippen molar-refractivity contribution in [3.05, 3.63) is 23.2 Å². The molecule has 2 aromatic rings. The Bertz CT molecular complexity index is 509. The van der Waals surface area contributed by atoms with Crippen LogP contribution in [0, 0.1) is 0 Å². The smallest absolute Gasteiger partial charge is 0.403 e. The van der Waals surface area contributed by atoms with Gasteiger partial charge in [0.1, 0.15) is 5.52 Å². The first-order valence-electron chi connectivity index (χ1n) is 4.31. The highest BCUT2D eigenvalue weighted by atomic mass is 32.1. The van der Waals surface area contributed by atoms with E-state index in [1.807, 2.05) is 0 Å². The summed E-state index contributed by atoms with van der Waals surface area (Å²) in [5.41, 5.74) is 7.64. The summed E-state index contributed by atoms with van der Waals surface area (Å²) in [6, 6.07) is 2.96. The van der Waals surface area contributed by atoms with Gasteiger partial charge in [-0.1, -0.05) is 0 Å². The number of nitrogens with two attached hydrogens (primary N) is 1. The first kappa shape index (κ1) is 11.2. The maximum Gasteiger partial charge on any atom is 0.573 e. The molecule has 0 aliphatic carbocycles. The molecule has 1 aromatic heterocycles. The van der Waals surface area contributed by atoms with Gasteiger partial charge >= 0.3 is 6.36 Å². The molecule has 7 heteroatoms. The van der Waals surface area contributed by atoms with Crippen LogP contribution in [-0.2, 0) is 6.54 Å². The van der Waals surface area contributed by atoms with Gasteiger partial charge in [0.15, 0.2) is 5.75 Å². The van der Waals surface area contributed by atoms with Crippen molar-refractivity contribution < 1.29 is 17.9 Å². The predicted octanol–water partition coefficient (Wildman–Crippen LogP) is 2.65. The number of hydrogen-bond acceptors (Lipinski definition) is 4. The number of rotatable bonds is 2. The van der Waals surface area contributed by atoms with Crippen molar-refractivity contribution in [2.24, 2.45) is 5.73 Å². The van der Waals surface area contributed by atoms with E-state index in [4.69, 9.17) is 5.73 Å². The fourth-order valence-corrected chi connectivity index (χ4v) is 2.07. The molecular weight excluding hydrogens is 241 g/mol. The topological polar surface area (TPSA) is 48.1 Å². The van der Waals surface area contributed by atoms with Gasteiger partial charge in [0.25, 0.3) is 0 Å². The van der Waals surface area contributed by atoms with Gasteiger partial charge in [0, 0.05) is 6.54 Å². The highest BCUT2D eigenvalue weighted by Gasteiger charge is 2.32. The number of aromatic nitrogens is 1. The zero-order chi connectivity index (χ0) is 11.8. The van der Waals surface area contributed by atoms with E-state index in [1.54, 1.807) is 6.07 Å². The summed E-state index contributed by atoms with van der Waals surface area (Å²) in [6.45, 7) is 0.155. The van der Waals surface area contributed by atoms with Crippen LogP contribution in [0.25, 0.3) is 10.2 Å². The quantitative estimate of drug-likeness (QED) is 0.888. The van der Waals surface area contributed by atoms with E-state index in [1.165, 1.54) is 22.9 Å². The number of ether oxygens (including phenoxy) is 1. The Kier molecular flexibility index (Phi) is 2.73. The van der Waals surface area contributed by atoms with E-state index in [2.05, 4.69) is 9.72 Å². The normalized spacial score (nSPS) is 12.0. The van der Waals surface area contributed by atoms with Crippen molar-refractivity contribution in [3.8, 4) is 5.75 Å². The summed E-state index contributed by atoms with van der Waals surface area (Å²) in [7, 11) is 0. The third-order valence-corrected chi connectivity index (χ3v) is 2.70. The van der Waals surface area contributed by atoms with Gasteiger partial charge < -0.3 is 10.5 Å². The first-order chi connectivity index (χ1) is 7.49. The molecule has 0 aliphatic heterocycles. The lowest BCUT2D eigenvalue weighted by Crippen LogP contribution is -2.17. The van der Waals surface area contributed by atoms with Crippen molar-refractivity contribution >= 4 is 21.6 Å². The fourth-order valence-electron chi connectivity index (χ4n) is 1.31. The van der Waals surface area contributed by atoms with Gasteiger partial charge in [-0.2, -0.15) is 0 Å². The van der Waals surface area contributed by atoms with E-state index >= 15 is 0 Å². The molecule has 0 unspecified atom stereocenters. The van der Waals surface area contributed by atoms with Crippen molar-refractivity contribution in [3.63, 3.8) is 0 Å². The molecule has 0 aliphatic rings. The Morgan fingerprint density at radius 2 is 2.12 bits per heavy atom. The molecule has 86 valence electrons. The average molecular weight is 248 g/mol. The second-order valence-corrected chi connectivity index (χ2v) is 3.93. The summed E-state index contributed by atoms with van der Waals surface area (Å²) in [5.74, 6) is -0.299. The Labute approximate surface area is 92.7 Å². The molecule has 2 rings (SSSR count). The van der Waals surface area contributed by atoms with Crippen LogP contribution in [0.5, 0.6) is 5.75 Å². The third-order valence-electron chi connectivity index (χ3n) is 1.92. The Morgan fingerprint density at radius 3 is 2.75 bits per heavy atom. The molecule has 0 atom stereocenters. The number of benzene rings is 1. The van der Waals surface area contributed by atoms with Crippen LogP contribution in [-0.4, -0.2) is 11.3 Å². The SMILES string of the molecule is NCc1cc(OC(F)(F)F)c2ncsc2c1. The second-order valence-electron chi connectivity index (χ2n) is 3.04. The minimum Gasteiger partial charge on any atom is -0.403 e. The van der Waals surface area contributed by atoms with Gasteiger partial charge in [0.2, 0.25) is 0 Å². The van der Waals surface area contributed by atoms with E-state index in [-0.39, 0.29) is 17.8 Å². The highest BCUT2D eigenvalue weighted by molar-refractivity contribution is 7.16. The van der Waals surface area contributed by atoms with Crippen LogP contribution in [0.3, 0.4) is 0 Å². The summed E-state index contributed by atoms with van der Waals surface area (Å²) >= 11 is 1.24. The summed E-state index contributed by atoms with van der Waals surface area (Å²) in [5, 5.41) is 0. The molecule has 3 nitrogen and oxygen atoms in total. The largest absolute Gasteiger partial charge is 0.573 e. The molecule has 2 N–H and O–H groups in total. The molecule has 0 bridgehead atoms. The monoisotopic (exact) mass is 248 g/mol. The first-order valence-corrected chi connectivity index (χ1v) is 5.19. The molecule has 0 saturated heterocycles. The van der Waals surface area contributed by atoms with Gasteiger partial charge in [-0.15, -0.1) is 24.5 Å². The molecule has 0 fully saturated rings. The Morgan fingerprint density at radius 1 is 1.38 bits per heavy atom. The van der Waals surface area contributed by atoms with Crippen LogP contribution < -0.4 is 10.5 Å². The molecule has 0 amide bonds. The van der Waals surface area contributed by atoms with Crippen LogP contribution in [0.4, 0.5) is 13.2 Å². The number of nitrogens with zero attached hydrogens (tertiary/aromatic N) is 1. The van der Waals surface area contributed by atoms with Gasteiger partial charge in [-0.25, -0.2) is 4.98 Å². The van der Waals surface area contributed by atoms with E-state index in [0.29, 0.717) is 10.3 Å². The minimum atomic E-state index is -4.72. The molecule has 16 heavy (non-hydrogen) atoms. The van der Waals surface area contributed by atoms with Gasteiger partial charge in [-0.05, 0) is 17.7 Å². The van der Waals surface area contributed by atoms with Crippen LogP contribution >= 0.6 is 11.3 Å². The van der Waals surface area contributed by atoms with Crippen molar-refractivity contribution in [1.29, 1.82) is 0 Å². The second kappa shape index (κ2) is 3.91. The molecule has 0 radical (unpaired) electrons. The number of halogens is 3. The number of fused-ring (bicyclic) bond motifs is 1. The zero-order valence-corrected chi connectivity index (χ0v) is 8.73. The van der Waals surface area contributed by atoms with E-state index in [9.17, 15) is 13.2 Å². The maximum atomic E-state index is 12.1. The fraction of sp³-hybridized carbons (Fsp3) is 0.222. The number of alkyl halides is 3. The molecular formula is C9H7F3N2OS. The number of hydrogen-bond donors (Lipinski definition) is 1. The van der Waals surface area contributed by atoms with Crippen LogP contribution in [0.1, 0.15) is 5.56 Å². The molecule has 0 saturated carbocycles. The Hall–Kier alpha value is -1.34. The van der Waals surface area contributed by atoms with Crippen molar-refractivity contribution in [2.45, 2.75) is 12.9 Å². The lowest BCUT2D eigenvalue weighted by molar-refractivity contribution is -0.274. The molecule has 1 heterocycles. The van der Waals surface area contributed by atoms with Gasteiger partial charge in [-0.3, -0.25) is 0 Å². The number of thiazole rings is 1. The van der Waals surface area contributed by atoms with E-state index < -0.39 is 6.36 Å². The van der Waals surface area contributed by atoms with Crippen molar-refractivity contribution in [1.82, 2.24) is 4.98 Å². The minimum absolute atomic E-state index is 0.155. The van der Waals surface area contributed by atoms with Crippen LogP contribution in [0.15, 0.2) is 17.6 Å². The lowest BCUT2D eigenvalue weighted by Gasteiger charge is -2.10. The van der Waals surface area contributed by atoms with Crippen LogP contribution in [0.2, 0.25) is 0 Å². The van der Waals surface area contributed by atoms with E-state index in [0.717, 1.165) is 0 Å². The Balaban J connectivity index is 2.52. The summed E-state index contributed by atoms with van der Waals surface area (Å²) in [6.07, 6.45) is -4.72. The molecule has 0 spiro atoms. The standard InChI is InChI=1S/C9H7F3N2OS/c10-9(11,12)15-6-1-5(3-13)2-7-8(6)14-4-16-7/h1-2,4H,3,13H2. The predicted molar refractivity (Wildman–Crippen MR) is 54.2 cm³/mol. The summed E-state index contributed by atoms with van der Waals surface area (Å²) < 4.78 is 40.9. The lowest BCUT2D eigenvalue weighted by atomic mass is 10.2. The van der Waals surface area contributed by atoms with Crippen molar-refractivity contribution in [2.75, 3.05) is 0 Å². The average Bonchev–Trinajstić information content (AvgIpc) is 2.63. The molecule has 1 aromatic carbocycles.